The van der Waals surface area contributed by atoms with Crippen molar-refractivity contribution in [1.82, 2.24) is 0 Å². The van der Waals surface area contributed by atoms with Gasteiger partial charge in [-0.1, -0.05) is 152 Å². The topological polar surface area (TPSA) is 114 Å². The van der Waals surface area contributed by atoms with E-state index in [2.05, 4.69) is 0 Å². The van der Waals surface area contributed by atoms with E-state index in [9.17, 15) is 10.2 Å². The number of rotatable bonds is 18. The zero-order valence-electron chi connectivity index (χ0n) is 32.1. The molecule has 0 bridgehead atoms. The molecule has 10 heteroatoms. The average Bonchev–Trinajstić information content (AvgIpc) is 3.26. The number of hydrogen-bond donors (Lipinski definition) is 2. The van der Waals surface area contributed by atoms with Gasteiger partial charge in [0.15, 0.2) is 12.6 Å². The molecule has 2 fully saturated rings. The van der Waals surface area contributed by atoms with Gasteiger partial charge < -0.3 is 48.1 Å². The Morgan fingerprint density at radius 1 is 0.421 bits per heavy atom. The van der Waals surface area contributed by atoms with Gasteiger partial charge in [-0.25, -0.2) is 0 Å². The lowest BCUT2D eigenvalue weighted by Gasteiger charge is -2.49. The second kappa shape index (κ2) is 20.9. The molecule has 0 aliphatic carbocycles. The summed E-state index contributed by atoms with van der Waals surface area (Å²) in [5.41, 5.74) is 4.77. The van der Waals surface area contributed by atoms with E-state index in [0.717, 1.165) is 27.8 Å². The Hall–Kier alpha value is -4.30. The van der Waals surface area contributed by atoms with Crippen LogP contribution in [-0.2, 0) is 70.9 Å². The number of aliphatic hydroxyl groups is 2. The molecule has 57 heavy (non-hydrogen) atoms. The van der Waals surface area contributed by atoms with Crippen LogP contribution in [0.5, 0.6) is 0 Å². The number of ether oxygens (including phenoxy) is 8. The maximum absolute atomic E-state index is 11.4. The molecule has 0 radical (unpaired) electrons. The lowest BCUT2D eigenvalue weighted by atomic mass is 9.96. The van der Waals surface area contributed by atoms with Crippen LogP contribution in [0.3, 0.4) is 0 Å². The van der Waals surface area contributed by atoms with Crippen molar-refractivity contribution in [1.29, 1.82) is 0 Å². The first-order chi connectivity index (χ1) is 28.1. The highest BCUT2D eigenvalue weighted by molar-refractivity contribution is 5.17. The summed E-state index contributed by atoms with van der Waals surface area (Å²) in [6.45, 7) is 2.69. The summed E-state index contributed by atoms with van der Waals surface area (Å²) in [6, 6.07) is 49.1. The van der Waals surface area contributed by atoms with Gasteiger partial charge in [0.1, 0.15) is 42.7 Å². The highest BCUT2D eigenvalue weighted by Crippen LogP contribution is 2.35. The lowest BCUT2D eigenvalue weighted by Crippen LogP contribution is -2.65. The third kappa shape index (κ3) is 11.2. The predicted molar refractivity (Wildman–Crippen MR) is 212 cm³/mol. The summed E-state index contributed by atoms with van der Waals surface area (Å²) < 4.78 is 52.9. The number of aliphatic hydroxyl groups excluding tert-OH is 2. The van der Waals surface area contributed by atoms with Crippen LogP contribution in [0.15, 0.2) is 152 Å². The second-order valence-electron chi connectivity index (χ2n) is 14.4. The minimum absolute atomic E-state index is 0.184. The zero-order chi connectivity index (χ0) is 39.2. The molecule has 0 aromatic heterocycles. The molecule has 10 nitrogen and oxygen atoms in total. The average molecular weight is 777 g/mol. The monoisotopic (exact) mass is 776 g/mol. The molecule has 10 atom stereocenters. The van der Waals surface area contributed by atoms with E-state index in [1.807, 2.05) is 159 Å². The van der Waals surface area contributed by atoms with Crippen LogP contribution in [-0.4, -0.2) is 78.2 Å². The van der Waals surface area contributed by atoms with E-state index >= 15 is 0 Å². The van der Waals surface area contributed by atoms with Crippen LogP contribution >= 0.6 is 0 Å². The largest absolute Gasteiger partial charge is 0.394 e. The van der Waals surface area contributed by atoms with Crippen LogP contribution in [0.2, 0.25) is 0 Å². The van der Waals surface area contributed by atoms with Crippen LogP contribution in [0, 0.1) is 0 Å². The van der Waals surface area contributed by atoms with Gasteiger partial charge in [-0.2, -0.15) is 0 Å². The molecule has 5 aromatic carbocycles. The first-order valence-electron chi connectivity index (χ1n) is 19.6. The van der Waals surface area contributed by atoms with E-state index in [4.69, 9.17) is 37.9 Å². The highest BCUT2D eigenvalue weighted by atomic mass is 16.7. The van der Waals surface area contributed by atoms with Crippen LogP contribution < -0.4 is 0 Å². The van der Waals surface area contributed by atoms with Crippen molar-refractivity contribution < 1.29 is 48.1 Å². The molecule has 0 amide bonds. The van der Waals surface area contributed by atoms with Crippen LogP contribution in [0.25, 0.3) is 0 Å². The summed E-state index contributed by atoms with van der Waals surface area (Å²) in [5.74, 6) is 0. The molecule has 5 aromatic rings. The summed E-state index contributed by atoms with van der Waals surface area (Å²) in [7, 11) is 0. The fourth-order valence-corrected chi connectivity index (χ4v) is 7.24. The number of benzene rings is 5. The summed E-state index contributed by atoms with van der Waals surface area (Å²) >= 11 is 0. The Bertz CT molecular complexity index is 1850. The fraction of sp³-hybridized carbons (Fsp3) is 0.362. The van der Waals surface area contributed by atoms with Crippen LogP contribution in [0.4, 0.5) is 0 Å². The Balaban J connectivity index is 1.21. The van der Waals surface area contributed by atoms with Gasteiger partial charge in [0.05, 0.1) is 45.7 Å². The summed E-state index contributed by atoms with van der Waals surface area (Å²) in [5, 5.41) is 22.1. The molecule has 0 spiro atoms. The fourth-order valence-electron chi connectivity index (χ4n) is 7.24. The SMILES string of the molecule is C[C@H]1O[C@@H](O[C@H]2[C@H](OCc3ccccc3)[C@@H](OCc3ccccc3)[C@@H](O)O[C@@H]2CO)[C@H](OCc2ccccc2)[C@@H](OCc2ccccc2)[C@H]1OCc1ccccc1. The Morgan fingerprint density at radius 2 is 0.754 bits per heavy atom. The van der Waals surface area contributed by atoms with Crippen LogP contribution in [0.1, 0.15) is 34.7 Å². The second-order valence-corrected chi connectivity index (χ2v) is 14.4. The molecular weight excluding hydrogens is 725 g/mol. The van der Waals surface area contributed by atoms with Crippen molar-refractivity contribution in [2.24, 2.45) is 0 Å². The lowest BCUT2D eigenvalue weighted by molar-refractivity contribution is -0.370. The van der Waals surface area contributed by atoms with Gasteiger partial charge in [-0.3, -0.25) is 0 Å². The zero-order valence-corrected chi connectivity index (χ0v) is 32.1. The third-order valence-electron chi connectivity index (χ3n) is 10.2. The van der Waals surface area contributed by atoms with Crippen molar-refractivity contribution in [3.63, 3.8) is 0 Å². The van der Waals surface area contributed by atoms with Gasteiger partial charge in [0.25, 0.3) is 0 Å². The first-order valence-corrected chi connectivity index (χ1v) is 19.6. The van der Waals surface area contributed by atoms with Crippen molar-refractivity contribution in [2.75, 3.05) is 6.61 Å². The molecule has 0 unspecified atom stereocenters. The van der Waals surface area contributed by atoms with E-state index in [1.54, 1.807) is 0 Å². The van der Waals surface area contributed by atoms with Crippen molar-refractivity contribution >= 4 is 0 Å². The quantitative estimate of drug-likeness (QED) is 0.0991. The Kier molecular flexibility index (Phi) is 15.0. The summed E-state index contributed by atoms with van der Waals surface area (Å²) in [4.78, 5) is 0. The molecule has 2 N–H and O–H groups in total. The van der Waals surface area contributed by atoms with E-state index < -0.39 is 68.0 Å². The molecule has 2 aliphatic heterocycles. The van der Waals surface area contributed by atoms with E-state index in [0.29, 0.717) is 6.61 Å². The molecule has 0 saturated carbocycles. The minimum atomic E-state index is -1.42. The molecule has 7 rings (SSSR count). The molecule has 2 aliphatic rings. The highest BCUT2D eigenvalue weighted by Gasteiger charge is 2.53. The maximum atomic E-state index is 11.4. The minimum Gasteiger partial charge on any atom is -0.394 e. The third-order valence-corrected chi connectivity index (χ3v) is 10.2. The predicted octanol–water partition coefficient (Wildman–Crippen LogP) is 6.75. The molecular formula is C47H52O10. The molecule has 2 saturated heterocycles. The Labute approximate surface area is 334 Å². The van der Waals surface area contributed by atoms with Gasteiger partial charge >= 0.3 is 0 Å². The molecule has 300 valence electrons. The van der Waals surface area contributed by atoms with Gasteiger partial charge in [0.2, 0.25) is 0 Å². The standard InChI is InChI=1S/C47H52O10/c1-33-40(50-28-34-17-7-2-8-18-34)42(51-29-35-19-9-3-10-20-35)45(54-32-38-25-15-6-16-26-38)47(55-33)57-41-39(27-48)56-46(49)44(53-31-37-23-13-5-14-24-37)43(41)52-30-36-21-11-4-12-22-36/h2-26,33,39-49H,27-32H2,1H3/t33-,39-,40+,41-,42+,43+,44-,45-,46+,47+/m1/s1. The maximum Gasteiger partial charge on any atom is 0.187 e. The number of hydrogen-bond acceptors (Lipinski definition) is 10. The smallest absolute Gasteiger partial charge is 0.187 e. The van der Waals surface area contributed by atoms with Crippen molar-refractivity contribution in [3.05, 3.63) is 179 Å². The Morgan fingerprint density at radius 3 is 1.14 bits per heavy atom. The first kappa shape index (κ1) is 40.9. The van der Waals surface area contributed by atoms with Crippen molar-refractivity contribution in [2.45, 2.75) is 101 Å². The van der Waals surface area contributed by atoms with Gasteiger partial charge in [-0.15, -0.1) is 0 Å². The van der Waals surface area contributed by atoms with Crippen molar-refractivity contribution in [3.8, 4) is 0 Å². The van der Waals surface area contributed by atoms with Gasteiger partial charge in [-0.05, 0) is 34.7 Å². The summed E-state index contributed by atoms with van der Waals surface area (Å²) in [6.07, 6.45) is -8.89. The molecule has 2 heterocycles. The normalized spacial score (nSPS) is 27.6. The van der Waals surface area contributed by atoms with E-state index in [1.165, 1.54) is 0 Å². The van der Waals surface area contributed by atoms with E-state index in [-0.39, 0.29) is 26.4 Å². The van der Waals surface area contributed by atoms with Gasteiger partial charge in [0, 0.05) is 0 Å².